The predicted octanol–water partition coefficient (Wildman–Crippen LogP) is 16.8. The van der Waals surface area contributed by atoms with Crippen LogP contribution in [0.25, 0.3) is 0 Å². The van der Waals surface area contributed by atoms with Crippen LogP contribution in [-0.4, -0.2) is 37.2 Å². The average molecular weight is 873 g/mol. The zero-order valence-electron chi connectivity index (χ0n) is 40.5. The van der Waals surface area contributed by atoms with E-state index in [1.807, 2.05) is 0 Å². The number of hydrogen-bond acceptors (Lipinski definition) is 6. The summed E-state index contributed by atoms with van der Waals surface area (Å²) in [5, 5.41) is 0. The van der Waals surface area contributed by atoms with Gasteiger partial charge in [-0.3, -0.25) is 14.4 Å². The van der Waals surface area contributed by atoms with E-state index in [2.05, 4.69) is 130 Å². The van der Waals surface area contributed by atoms with Crippen molar-refractivity contribution in [3.8, 4) is 0 Å². The van der Waals surface area contributed by atoms with Crippen molar-refractivity contribution in [1.29, 1.82) is 0 Å². The van der Waals surface area contributed by atoms with Gasteiger partial charge >= 0.3 is 17.9 Å². The molecule has 0 aliphatic heterocycles. The largest absolute Gasteiger partial charge is 0.462 e. The van der Waals surface area contributed by atoms with Crippen LogP contribution in [0.3, 0.4) is 0 Å². The molecule has 0 saturated carbocycles. The highest BCUT2D eigenvalue weighted by Crippen LogP contribution is 2.12. The lowest BCUT2D eigenvalue weighted by Gasteiger charge is -2.18. The number of esters is 3. The minimum atomic E-state index is -0.813. The molecule has 356 valence electrons. The Bertz CT molecular complexity index is 1330. The summed E-state index contributed by atoms with van der Waals surface area (Å²) in [6.45, 7) is 6.37. The van der Waals surface area contributed by atoms with Crippen molar-refractivity contribution in [1.82, 2.24) is 0 Å². The Morgan fingerprint density at radius 3 is 1.16 bits per heavy atom. The topological polar surface area (TPSA) is 78.9 Å². The lowest BCUT2D eigenvalue weighted by Crippen LogP contribution is -2.30. The lowest BCUT2D eigenvalue weighted by molar-refractivity contribution is -0.167. The summed E-state index contributed by atoms with van der Waals surface area (Å²) in [6, 6.07) is 0. The molecule has 0 aromatic carbocycles. The number of carbonyl (C=O) groups is 3. The summed E-state index contributed by atoms with van der Waals surface area (Å²) in [6.07, 6.45) is 67.9. The van der Waals surface area contributed by atoms with E-state index < -0.39 is 6.10 Å². The molecule has 0 saturated heterocycles. The maximum absolute atomic E-state index is 12.8. The van der Waals surface area contributed by atoms with E-state index in [0.717, 1.165) is 122 Å². The molecular weight excluding hydrogens is 781 g/mol. The van der Waals surface area contributed by atoms with Gasteiger partial charge in [0.2, 0.25) is 0 Å². The first-order chi connectivity index (χ1) is 31.0. The van der Waals surface area contributed by atoms with Crippen LogP contribution in [0.5, 0.6) is 0 Å². The van der Waals surface area contributed by atoms with Crippen molar-refractivity contribution in [3.05, 3.63) is 109 Å². The van der Waals surface area contributed by atoms with Gasteiger partial charge in [-0.15, -0.1) is 0 Å². The molecule has 6 heteroatoms. The van der Waals surface area contributed by atoms with Crippen LogP contribution < -0.4 is 0 Å². The molecule has 0 aromatic rings. The SMILES string of the molecule is CC/C=C\C/C=C\CCCCC(=O)OCC(COC(=O)CCCCCCC\C=C/C=C\C=C/C=C\CCCCC)OC(=O)CCCCCCC\C=C/C=C\C=C/CCCCCCC. The van der Waals surface area contributed by atoms with E-state index in [-0.39, 0.29) is 37.5 Å². The average Bonchev–Trinajstić information content (AvgIpc) is 3.28. The third-order valence-electron chi connectivity index (χ3n) is 10.4. The Kier molecular flexibility index (Phi) is 47.5. The van der Waals surface area contributed by atoms with E-state index in [4.69, 9.17) is 14.2 Å². The van der Waals surface area contributed by atoms with Crippen LogP contribution in [0.4, 0.5) is 0 Å². The molecule has 0 radical (unpaired) electrons. The predicted molar refractivity (Wildman–Crippen MR) is 270 cm³/mol. The third kappa shape index (κ3) is 49.0. The fourth-order valence-corrected chi connectivity index (χ4v) is 6.55. The number of rotatable bonds is 44. The van der Waals surface area contributed by atoms with Gasteiger partial charge in [-0.25, -0.2) is 0 Å². The summed E-state index contributed by atoms with van der Waals surface area (Å²) in [5.41, 5.74) is 0. The molecule has 0 aromatic heterocycles. The molecule has 0 bridgehead atoms. The monoisotopic (exact) mass is 873 g/mol. The Hall–Kier alpha value is -3.93. The van der Waals surface area contributed by atoms with Gasteiger partial charge in [-0.2, -0.15) is 0 Å². The molecule has 0 fully saturated rings. The van der Waals surface area contributed by atoms with Gasteiger partial charge in [0, 0.05) is 19.3 Å². The fourth-order valence-electron chi connectivity index (χ4n) is 6.55. The first kappa shape index (κ1) is 59.1. The standard InChI is InChI=1S/C57H92O6/c1-4-7-10-13-16-19-21-23-25-27-29-31-33-35-38-41-44-47-50-56(59)62-53-54(52-61-55(58)49-46-43-40-37-18-15-12-9-6-3)63-57(60)51-48-45-42-39-36-34-32-30-28-26-24-22-20-17-14-11-8-5-2/h9,12,16,18-19,21-32,37,54H,4-8,10-11,13-15,17,20,33-36,38-53H2,1-3H3/b12-9-,19-16-,23-21-,24-22-,27-25-,28-26-,31-29-,32-30-,37-18-. The van der Waals surface area contributed by atoms with Crippen LogP contribution >= 0.6 is 0 Å². The van der Waals surface area contributed by atoms with Crippen molar-refractivity contribution in [2.45, 2.75) is 219 Å². The van der Waals surface area contributed by atoms with E-state index in [9.17, 15) is 14.4 Å². The Morgan fingerprint density at radius 1 is 0.349 bits per heavy atom. The van der Waals surface area contributed by atoms with Gasteiger partial charge < -0.3 is 14.2 Å². The van der Waals surface area contributed by atoms with Crippen molar-refractivity contribution in [2.24, 2.45) is 0 Å². The minimum absolute atomic E-state index is 0.112. The third-order valence-corrected chi connectivity index (χ3v) is 10.4. The minimum Gasteiger partial charge on any atom is -0.462 e. The van der Waals surface area contributed by atoms with Crippen LogP contribution in [-0.2, 0) is 28.6 Å². The molecule has 63 heavy (non-hydrogen) atoms. The van der Waals surface area contributed by atoms with Gasteiger partial charge in [-0.1, -0.05) is 207 Å². The number of hydrogen-bond donors (Lipinski definition) is 0. The zero-order chi connectivity index (χ0) is 45.8. The summed E-state index contributed by atoms with van der Waals surface area (Å²) in [7, 11) is 0. The molecule has 0 aliphatic carbocycles. The van der Waals surface area contributed by atoms with Gasteiger partial charge in [0.25, 0.3) is 0 Å². The highest BCUT2D eigenvalue weighted by molar-refractivity contribution is 5.71. The summed E-state index contributed by atoms with van der Waals surface area (Å²) < 4.78 is 16.7. The summed E-state index contributed by atoms with van der Waals surface area (Å²) >= 11 is 0. The first-order valence-electron chi connectivity index (χ1n) is 25.5. The highest BCUT2D eigenvalue weighted by atomic mass is 16.6. The molecule has 0 amide bonds. The first-order valence-corrected chi connectivity index (χ1v) is 25.5. The van der Waals surface area contributed by atoms with Crippen LogP contribution in [0.1, 0.15) is 213 Å². The Morgan fingerprint density at radius 2 is 0.683 bits per heavy atom. The molecule has 1 atom stereocenters. The van der Waals surface area contributed by atoms with Crippen molar-refractivity contribution >= 4 is 17.9 Å². The molecule has 0 rings (SSSR count). The van der Waals surface area contributed by atoms with Gasteiger partial charge in [0.15, 0.2) is 6.10 Å². The smallest absolute Gasteiger partial charge is 0.306 e. The highest BCUT2D eigenvalue weighted by Gasteiger charge is 2.19. The Balaban J connectivity index is 4.47. The van der Waals surface area contributed by atoms with Crippen molar-refractivity contribution in [3.63, 3.8) is 0 Å². The number of carbonyl (C=O) groups excluding carboxylic acids is 3. The molecule has 0 N–H and O–H groups in total. The maximum atomic E-state index is 12.8. The summed E-state index contributed by atoms with van der Waals surface area (Å²) in [4.78, 5) is 37.9. The number of ether oxygens (including phenoxy) is 3. The number of allylic oxidation sites excluding steroid dienone is 18. The van der Waals surface area contributed by atoms with Crippen molar-refractivity contribution < 1.29 is 28.6 Å². The van der Waals surface area contributed by atoms with Gasteiger partial charge in [-0.05, 0) is 96.3 Å². The number of unbranched alkanes of at least 4 members (excludes halogenated alkanes) is 20. The zero-order valence-corrected chi connectivity index (χ0v) is 40.5. The molecule has 1 unspecified atom stereocenters. The van der Waals surface area contributed by atoms with Crippen LogP contribution in [0.2, 0.25) is 0 Å². The van der Waals surface area contributed by atoms with E-state index in [1.165, 1.54) is 51.4 Å². The van der Waals surface area contributed by atoms with Crippen molar-refractivity contribution in [2.75, 3.05) is 13.2 Å². The van der Waals surface area contributed by atoms with Crippen LogP contribution in [0, 0.1) is 0 Å². The van der Waals surface area contributed by atoms with E-state index in [1.54, 1.807) is 0 Å². The van der Waals surface area contributed by atoms with E-state index in [0.29, 0.717) is 12.8 Å². The van der Waals surface area contributed by atoms with Gasteiger partial charge in [0.1, 0.15) is 13.2 Å². The molecule has 0 spiro atoms. The Labute approximate surface area is 387 Å². The normalized spacial score (nSPS) is 13.0. The second-order valence-electron chi connectivity index (χ2n) is 16.5. The van der Waals surface area contributed by atoms with Gasteiger partial charge in [0.05, 0.1) is 0 Å². The van der Waals surface area contributed by atoms with E-state index >= 15 is 0 Å². The second kappa shape index (κ2) is 50.7. The molecular formula is C57H92O6. The fraction of sp³-hybridized carbons (Fsp3) is 0.632. The van der Waals surface area contributed by atoms with Crippen LogP contribution in [0.15, 0.2) is 109 Å². The molecule has 0 aliphatic rings. The maximum Gasteiger partial charge on any atom is 0.306 e. The molecule has 0 heterocycles. The lowest BCUT2D eigenvalue weighted by atomic mass is 10.1. The second-order valence-corrected chi connectivity index (χ2v) is 16.5. The summed E-state index contributed by atoms with van der Waals surface area (Å²) in [5.74, 6) is -0.997. The quantitative estimate of drug-likeness (QED) is 0.0199. The molecule has 6 nitrogen and oxygen atoms in total.